The number of para-hydroxylation sites is 1. The van der Waals surface area contributed by atoms with Gasteiger partial charge in [-0.3, -0.25) is 5.41 Å². The molecule has 0 spiro atoms. The molecule has 4 nitrogen and oxygen atoms in total. The van der Waals surface area contributed by atoms with Crippen molar-refractivity contribution in [1.82, 2.24) is 0 Å². The van der Waals surface area contributed by atoms with Crippen molar-refractivity contribution in [3.05, 3.63) is 48.0 Å². The number of quaternary nitrogens is 1. The van der Waals surface area contributed by atoms with Crippen molar-refractivity contribution < 1.29 is 28.5 Å². The number of nitrogens with zero attached hydrogens (tertiary/aromatic N) is 2. The van der Waals surface area contributed by atoms with E-state index >= 15 is 0 Å². The van der Waals surface area contributed by atoms with Gasteiger partial charge in [0.1, 0.15) is 5.84 Å². The highest BCUT2D eigenvalue weighted by Crippen LogP contribution is 2.49. The van der Waals surface area contributed by atoms with Crippen LogP contribution in [0.2, 0.25) is 0 Å². The van der Waals surface area contributed by atoms with Gasteiger partial charge < -0.3 is 39.1 Å². The minimum atomic E-state index is 0. The number of benzene rings is 2. The molecule has 28 heavy (non-hydrogen) atoms. The van der Waals surface area contributed by atoms with E-state index in [-0.39, 0.29) is 42.2 Å². The van der Waals surface area contributed by atoms with E-state index < -0.39 is 0 Å². The highest BCUT2D eigenvalue weighted by atomic mass is 127. The lowest BCUT2D eigenvalue weighted by atomic mass is 10.1. The zero-order valence-corrected chi connectivity index (χ0v) is 20.1. The zero-order valence-electron chi connectivity index (χ0n) is 16.3. The molecular formula is C21H28ClIN4S. The summed E-state index contributed by atoms with van der Waals surface area (Å²) in [6, 6.07) is 15.2. The smallest absolute Gasteiger partial charge is 0.122 e. The summed E-state index contributed by atoms with van der Waals surface area (Å²) in [6.07, 6.45) is 2.67. The fraction of sp³-hybridized carbons (Fsp3) is 0.381. The standard InChI is InChI=1S/C21H27N4S.ClH.HI/c1-15(14-25(2)11-5-6-12-25)24-17-7-3-4-8-19(17)26-20-10-9-16(21(22)23)13-18(20)24;;/h3-4,7-10,13,15H,5-6,11-12,14H2,1-2H3,(H3,22,23);2*1H/q+1;;/p-1. The molecule has 2 aromatic carbocycles. The lowest BCUT2D eigenvalue weighted by Gasteiger charge is -2.41. The largest absolute Gasteiger partial charge is 1.00 e. The molecule has 0 aromatic heterocycles. The number of rotatable bonds is 4. The Morgan fingerprint density at radius 3 is 2.46 bits per heavy atom. The number of hydrogen-bond acceptors (Lipinski definition) is 3. The molecule has 2 aromatic rings. The summed E-state index contributed by atoms with van der Waals surface area (Å²) >= 11 is 1.81. The van der Waals surface area contributed by atoms with Crippen LogP contribution in [0.1, 0.15) is 25.3 Å². The van der Waals surface area contributed by atoms with E-state index in [2.05, 4.69) is 55.3 Å². The molecule has 152 valence electrons. The summed E-state index contributed by atoms with van der Waals surface area (Å²) in [7, 11) is 2.39. The molecule has 4 rings (SSSR count). The third kappa shape index (κ3) is 4.45. The summed E-state index contributed by atoms with van der Waals surface area (Å²) in [4.78, 5) is 5.01. The predicted molar refractivity (Wildman–Crippen MR) is 117 cm³/mol. The first kappa shape index (κ1) is 23.3. The summed E-state index contributed by atoms with van der Waals surface area (Å²) in [5, 5.41) is 7.83. The Morgan fingerprint density at radius 2 is 1.79 bits per heavy atom. The number of likely N-dealkylation sites (tertiary alicyclic amines) is 1. The molecule has 0 amide bonds. The van der Waals surface area contributed by atoms with E-state index in [9.17, 15) is 0 Å². The van der Waals surface area contributed by atoms with Gasteiger partial charge in [0.05, 0.1) is 44.1 Å². The van der Waals surface area contributed by atoms with Gasteiger partial charge in [0, 0.05) is 28.2 Å². The summed E-state index contributed by atoms with van der Waals surface area (Å²) in [5.74, 6) is 0.128. The highest BCUT2D eigenvalue weighted by Gasteiger charge is 2.34. The van der Waals surface area contributed by atoms with Gasteiger partial charge in [-0.05, 0) is 31.2 Å². The van der Waals surface area contributed by atoms with Crippen LogP contribution in [-0.4, -0.2) is 43.0 Å². The molecule has 3 N–H and O–H groups in total. The normalized spacial score (nSPS) is 17.6. The monoisotopic (exact) mass is 530 g/mol. The minimum absolute atomic E-state index is 0. The first-order chi connectivity index (χ1) is 12.5. The molecule has 1 unspecified atom stereocenters. The van der Waals surface area contributed by atoms with Crippen LogP contribution in [-0.2, 0) is 0 Å². The second kappa shape index (κ2) is 9.24. The van der Waals surface area contributed by atoms with Crippen LogP contribution < -0.4 is 34.6 Å². The fourth-order valence-electron chi connectivity index (χ4n) is 4.43. The van der Waals surface area contributed by atoms with Crippen molar-refractivity contribution in [1.29, 1.82) is 5.41 Å². The Bertz CT molecular complexity index is 854. The molecule has 0 aliphatic carbocycles. The van der Waals surface area contributed by atoms with Gasteiger partial charge in [-0.15, -0.1) is 12.4 Å². The van der Waals surface area contributed by atoms with Crippen LogP contribution in [0.4, 0.5) is 11.4 Å². The molecule has 2 heterocycles. The van der Waals surface area contributed by atoms with E-state index in [0.29, 0.717) is 6.04 Å². The first-order valence-corrected chi connectivity index (χ1v) is 10.2. The van der Waals surface area contributed by atoms with Gasteiger partial charge in [-0.2, -0.15) is 0 Å². The number of likely N-dealkylation sites (N-methyl/N-ethyl adjacent to an activating group) is 1. The Balaban J connectivity index is 0.00000140. The SMILES string of the molecule is CC(C[N+]1(C)CCCC1)N1c2ccccc2Sc2ccc(C(=N)N)cc21.Cl.[I-]. The lowest BCUT2D eigenvalue weighted by Crippen LogP contribution is -3.00. The number of halogens is 2. The van der Waals surface area contributed by atoms with Gasteiger partial charge in [-0.25, -0.2) is 0 Å². The van der Waals surface area contributed by atoms with Gasteiger partial charge in [0.25, 0.3) is 0 Å². The molecule has 1 atom stereocenters. The maximum Gasteiger partial charge on any atom is 0.122 e. The second-order valence-electron chi connectivity index (χ2n) is 7.84. The van der Waals surface area contributed by atoms with Crippen LogP contribution in [0.15, 0.2) is 52.3 Å². The molecule has 1 saturated heterocycles. The molecule has 1 fully saturated rings. The zero-order chi connectivity index (χ0) is 18.3. The minimum Gasteiger partial charge on any atom is -1.00 e. The predicted octanol–water partition coefficient (Wildman–Crippen LogP) is 1.63. The number of nitrogens with one attached hydrogen (secondary N) is 1. The van der Waals surface area contributed by atoms with Crippen molar-refractivity contribution in [3.63, 3.8) is 0 Å². The summed E-state index contributed by atoms with van der Waals surface area (Å²) < 4.78 is 1.15. The molecule has 0 radical (unpaired) electrons. The number of hydrogen-bond donors (Lipinski definition) is 2. The van der Waals surface area contributed by atoms with E-state index in [4.69, 9.17) is 11.1 Å². The molecule has 2 aliphatic rings. The van der Waals surface area contributed by atoms with Gasteiger partial charge in [-0.1, -0.05) is 30.0 Å². The van der Waals surface area contributed by atoms with Crippen LogP contribution in [0.3, 0.4) is 0 Å². The van der Waals surface area contributed by atoms with Crippen molar-refractivity contribution >= 4 is 41.4 Å². The Morgan fingerprint density at radius 1 is 1.14 bits per heavy atom. The second-order valence-corrected chi connectivity index (χ2v) is 8.93. The van der Waals surface area contributed by atoms with E-state index in [1.807, 2.05) is 17.8 Å². The van der Waals surface area contributed by atoms with Crippen molar-refractivity contribution in [2.45, 2.75) is 35.6 Å². The van der Waals surface area contributed by atoms with Gasteiger partial charge >= 0.3 is 0 Å². The highest BCUT2D eigenvalue weighted by molar-refractivity contribution is 7.99. The molecular weight excluding hydrogens is 503 g/mol. The number of fused-ring (bicyclic) bond motifs is 2. The third-order valence-corrected chi connectivity index (χ3v) is 6.80. The Labute approximate surface area is 195 Å². The average molecular weight is 531 g/mol. The number of nitrogens with two attached hydrogens (primary N) is 1. The van der Waals surface area contributed by atoms with Crippen molar-refractivity contribution in [2.75, 3.05) is 31.6 Å². The van der Waals surface area contributed by atoms with Crippen molar-refractivity contribution in [3.8, 4) is 0 Å². The third-order valence-electron chi connectivity index (χ3n) is 5.67. The molecule has 7 heteroatoms. The van der Waals surface area contributed by atoms with Crippen molar-refractivity contribution in [2.24, 2.45) is 5.73 Å². The van der Waals surface area contributed by atoms with Crippen LogP contribution >= 0.6 is 24.2 Å². The molecule has 0 bridgehead atoms. The van der Waals surface area contributed by atoms with Crippen LogP contribution in [0, 0.1) is 5.41 Å². The maximum atomic E-state index is 7.83. The van der Waals surface area contributed by atoms with Gasteiger partial charge in [0.2, 0.25) is 0 Å². The molecule has 2 aliphatic heterocycles. The fourth-order valence-corrected chi connectivity index (χ4v) is 5.48. The number of anilines is 2. The Hall–Kier alpha value is -0.960. The Kier molecular flexibility index (Phi) is 7.69. The van der Waals surface area contributed by atoms with E-state index in [1.54, 1.807) is 0 Å². The quantitative estimate of drug-likeness (QED) is 0.273. The number of amidine groups is 1. The molecule has 0 saturated carbocycles. The summed E-state index contributed by atoms with van der Waals surface area (Å²) in [6.45, 7) is 6.01. The van der Waals surface area contributed by atoms with Gasteiger partial charge in [0.15, 0.2) is 0 Å². The first-order valence-electron chi connectivity index (χ1n) is 9.35. The number of nitrogen functional groups attached to an aromatic ring is 1. The maximum absolute atomic E-state index is 7.83. The van der Waals surface area contributed by atoms with E-state index in [0.717, 1.165) is 16.6 Å². The van der Waals surface area contributed by atoms with E-state index in [1.165, 1.54) is 47.1 Å². The average Bonchev–Trinajstić information content (AvgIpc) is 3.04. The lowest BCUT2D eigenvalue weighted by molar-refractivity contribution is -0.898. The summed E-state index contributed by atoms with van der Waals surface area (Å²) in [5.41, 5.74) is 9.01. The van der Waals surface area contributed by atoms with Crippen LogP contribution in [0.5, 0.6) is 0 Å². The topological polar surface area (TPSA) is 53.1 Å². The van der Waals surface area contributed by atoms with Crippen LogP contribution in [0.25, 0.3) is 0 Å².